The predicted octanol–water partition coefficient (Wildman–Crippen LogP) is 2.14. The third kappa shape index (κ3) is 0.652. The lowest BCUT2D eigenvalue weighted by molar-refractivity contribution is -0.128. The first kappa shape index (κ1) is 6.64. The standard InChI is InChI=1S/C9H11BrO/c10-9-3-5-1-7(9)2-6(4-9)8(5)11/h5-7H,1-4H2/t5-,6+,7?,9?. The van der Waals surface area contributed by atoms with Crippen LogP contribution in [-0.4, -0.2) is 10.1 Å². The lowest BCUT2D eigenvalue weighted by Gasteiger charge is -2.26. The first-order valence-corrected chi connectivity index (χ1v) is 5.21. The third-order valence-electron chi connectivity index (χ3n) is 3.85. The molecular formula is C9H11BrO. The van der Waals surface area contributed by atoms with Crippen LogP contribution in [-0.2, 0) is 4.79 Å². The molecule has 0 aromatic carbocycles. The zero-order valence-corrected chi connectivity index (χ0v) is 7.93. The van der Waals surface area contributed by atoms with Crippen LogP contribution in [0.4, 0.5) is 0 Å². The van der Waals surface area contributed by atoms with Crippen LogP contribution >= 0.6 is 15.9 Å². The molecule has 0 aliphatic heterocycles. The van der Waals surface area contributed by atoms with E-state index in [1.807, 2.05) is 0 Å². The van der Waals surface area contributed by atoms with Crippen molar-refractivity contribution in [3.63, 3.8) is 0 Å². The van der Waals surface area contributed by atoms with Crippen molar-refractivity contribution in [1.82, 2.24) is 0 Å². The lowest BCUT2D eigenvalue weighted by atomic mass is 9.81. The summed E-state index contributed by atoms with van der Waals surface area (Å²) in [5, 5.41) is 0. The Labute approximate surface area is 74.7 Å². The van der Waals surface area contributed by atoms with Crippen molar-refractivity contribution >= 4 is 21.7 Å². The van der Waals surface area contributed by atoms with E-state index in [1.165, 1.54) is 12.8 Å². The van der Waals surface area contributed by atoms with Crippen LogP contribution in [0.5, 0.6) is 0 Å². The Morgan fingerprint density at radius 2 is 1.82 bits per heavy atom. The lowest BCUT2D eigenvalue weighted by Crippen LogP contribution is -2.29. The molecule has 2 unspecified atom stereocenters. The fourth-order valence-corrected chi connectivity index (χ4v) is 4.53. The molecule has 0 aromatic heterocycles. The molecule has 0 N–H and O–H groups in total. The number of carbonyl (C=O) groups excluding carboxylic acids is 1. The third-order valence-corrected chi connectivity index (χ3v) is 5.14. The molecule has 4 fully saturated rings. The van der Waals surface area contributed by atoms with E-state index in [0.29, 0.717) is 21.9 Å². The van der Waals surface area contributed by atoms with Gasteiger partial charge in [-0.1, -0.05) is 15.9 Å². The van der Waals surface area contributed by atoms with Crippen molar-refractivity contribution in [3.05, 3.63) is 0 Å². The summed E-state index contributed by atoms with van der Waals surface area (Å²) in [6.07, 6.45) is 4.63. The second kappa shape index (κ2) is 1.73. The van der Waals surface area contributed by atoms with E-state index in [9.17, 15) is 4.79 Å². The van der Waals surface area contributed by atoms with Crippen molar-refractivity contribution < 1.29 is 4.79 Å². The van der Waals surface area contributed by atoms with Crippen LogP contribution in [0, 0.1) is 17.8 Å². The van der Waals surface area contributed by atoms with Crippen molar-refractivity contribution in [3.8, 4) is 0 Å². The maximum Gasteiger partial charge on any atom is 0.139 e. The summed E-state index contributed by atoms with van der Waals surface area (Å²) < 4.78 is 0.399. The van der Waals surface area contributed by atoms with Gasteiger partial charge in [-0.25, -0.2) is 0 Å². The smallest absolute Gasteiger partial charge is 0.139 e. The molecule has 4 aliphatic rings. The molecule has 0 radical (unpaired) electrons. The van der Waals surface area contributed by atoms with E-state index >= 15 is 0 Å². The van der Waals surface area contributed by atoms with E-state index in [-0.39, 0.29) is 0 Å². The van der Waals surface area contributed by atoms with Gasteiger partial charge in [0.1, 0.15) is 5.78 Å². The van der Waals surface area contributed by atoms with Gasteiger partial charge in [0.05, 0.1) is 0 Å². The number of rotatable bonds is 0. The number of Topliss-reactive ketones (excluding diaryl/α,β-unsaturated/α-hetero) is 1. The van der Waals surface area contributed by atoms with Crippen LogP contribution in [0.1, 0.15) is 25.7 Å². The molecular weight excluding hydrogens is 204 g/mol. The topological polar surface area (TPSA) is 17.1 Å². The van der Waals surface area contributed by atoms with E-state index in [4.69, 9.17) is 0 Å². The van der Waals surface area contributed by atoms with Crippen molar-refractivity contribution in [1.29, 1.82) is 0 Å². The van der Waals surface area contributed by atoms with Crippen molar-refractivity contribution in [2.45, 2.75) is 30.0 Å². The molecule has 1 nitrogen and oxygen atoms in total. The number of alkyl halides is 1. The normalized spacial score (nSPS) is 59.4. The summed E-state index contributed by atoms with van der Waals surface area (Å²) in [6, 6.07) is 0. The van der Waals surface area contributed by atoms with Crippen molar-refractivity contribution in [2.75, 3.05) is 0 Å². The highest BCUT2D eigenvalue weighted by Gasteiger charge is 2.60. The van der Waals surface area contributed by atoms with Crippen LogP contribution in [0.15, 0.2) is 0 Å². The summed E-state index contributed by atoms with van der Waals surface area (Å²) in [5.74, 6) is 2.28. The quantitative estimate of drug-likeness (QED) is 0.566. The minimum absolute atomic E-state index is 0.399. The highest BCUT2D eigenvalue weighted by molar-refractivity contribution is 9.10. The van der Waals surface area contributed by atoms with Gasteiger partial charge in [-0.15, -0.1) is 0 Å². The Morgan fingerprint density at radius 1 is 1.27 bits per heavy atom. The molecule has 60 valence electrons. The average molecular weight is 215 g/mol. The van der Waals surface area contributed by atoms with Gasteiger partial charge in [-0.2, -0.15) is 0 Å². The summed E-state index contributed by atoms with van der Waals surface area (Å²) in [5.41, 5.74) is 0. The molecule has 11 heavy (non-hydrogen) atoms. The summed E-state index contributed by atoms with van der Waals surface area (Å²) in [6.45, 7) is 0. The Balaban J connectivity index is 2.08. The monoisotopic (exact) mass is 214 g/mol. The van der Waals surface area contributed by atoms with E-state index in [2.05, 4.69) is 15.9 Å². The van der Waals surface area contributed by atoms with E-state index in [1.54, 1.807) is 0 Å². The zero-order chi connectivity index (χ0) is 7.64. The number of halogens is 1. The minimum atomic E-state index is 0.399. The van der Waals surface area contributed by atoms with Crippen LogP contribution in [0.2, 0.25) is 0 Å². The highest BCUT2D eigenvalue weighted by Crippen LogP contribution is 2.62. The molecule has 0 spiro atoms. The summed E-state index contributed by atoms with van der Waals surface area (Å²) in [4.78, 5) is 11.5. The van der Waals surface area contributed by atoms with Gasteiger partial charge < -0.3 is 0 Å². The molecule has 0 saturated heterocycles. The van der Waals surface area contributed by atoms with Crippen LogP contribution in [0.25, 0.3) is 0 Å². The van der Waals surface area contributed by atoms with E-state index < -0.39 is 0 Å². The molecule has 2 heteroatoms. The first-order valence-electron chi connectivity index (χ1n) is 4.42. The molecule has 4 aliphatic carbocycles. The fourth-order valence-electron chi connectivity index (χ4n) is 3.37. The molecule has 0 amide bonds. The predicted molar refractivity (Wildman–Crippen MR) is 45.6 cm³/mol. The Hall–Kier alpha value is 0.150. The van der Waals surface area contributed by atoms with Crippen LogP contribution in [0.3, 0.4) is 0 Å². The number of ketones is 1. The van der Waals surface area contributed by atoms with Gasteiger partial charge >= 0.3 is 0 Å². The molecule has 0 heterocycles. The molecule has 4 saturated carbocycles. The SMILES string of the molecule is O=C1[C@@H]2CC3C[C@H]1CC3(Br)C2. The first-order chi connectivity index (χ1) is 5.19. The second-order valence-corrected chi connectivity index (χ2v) is 5.99. The Morgan fingerprint density at radius 3 is 2.27 bits per heavy atom. The maximum absolute atomic E-state index is 11.5. The largest absolute Gasteiger partial charge is 0.299 e. The minimum Gasteiger partial charge on any atom is -0.299 e. The zero-order valence-electron chi connectivity index (χ0n) is 6.35. The Kier molecular flexibility index (Phi) is 1.05. The molecule has 4 rings (SSSR count). The van der Waals surface area contributed by atoms with Crippen molar-refractivity contribution in [2.24, 2.45) is 17.8 Å². The number of hydrogen-bond acceptors (Lipinski definition) is 1. The summed E-state index contributed by atoms with van der Waals surface area (Å²) in [7, 11) is 0. The van der Waals surface area contributed by atoms with Crippen LogP contribution < -0.4 is 0 Å². The summed E-state index contributed by atoms with van der Waals surface area (Å²) >= 11 is 3.82. The number of hydrogen-bond donors (Lipinski definition) is 0. The van der Waals surface area contributed by atoms with E-state index in [0.717, 1.165) is 18.8 Å². The fraction of sp³-hybridized carbons (Fsp3) is 0.889. The van der Waals surface area contributed by atoms with Gasteiger partial charge in [-0.05, 0) is 31.6 Å². The second-order valence-electron chi connectivity index (χ2n) is 4.41. The number of carbonyl (C=O) groups is 1. The molecule has 0 aromatic rings. The van der Waals surface area contributed by atoms with Gasteiger partial charge in [0.2, 0.25) is 0 Å². The average Bonchev–Trinajstić information content (AvgIpc) is 2.31. The van der Waals surface area contributed by atoms with Gasteiger partial charge in [-0.3, -0.25) is 4.79 Å². The van der Waals surface area contributed by atoms with Gasteiger partial charge in [0.25, 0.3) is 0 Å². The Bertz CT molecular complexity index is 218. The highest BCUT2D eigenvalue weighted by atomic mass is 79.9. The van der Waals surface area contributed by atoms with Gasteiger partial charge in [0.15, 0.2) is 0 Å². The van der Waals surface area contributed by atoms with Gasteiger partial charge in [0, 0.05) is 16.2 Å². The molecule has 4 atom stereocenters. The molecule has 4 bridgehead atoms. The maximum atomic E-state index is 11.5.